The van der Waals surface area contributed by atoms with Crippen molar-refractivity contribution >= 4 is 11.8 Å². The molecule has 1 aromatic heterocycles. The maximum Gasteiger partial charge on any atom is 0.224 e. The molecule has 0 bridgehead atoms. The van der Waals surface area contributed by atoms with Gasteiger partial charge in [-0.3, -0.25) is 14.6 Å². The zero-order valence-electron chi connectivity index (χ0n) is 9.72. The third-order valence-corrected chi connectivity index (χ3v) is 2.18. The molecule has 1 atom stereocenters. The average Bonchev–Trinajstić information content (AvgIpc) is 2.26. The second-order valence-corrected chi connectivity index (χ2v) is 3.89. The van der Waals surface area contributed by atoms with Crippen LogP contribution in [0.2, 0.25) is 0 Å². The molecule has 1 radical (unpaired) electrons. The Balaban J connectivity index is 2.28. The lowest BCUT2D eigenvalue weighted by Crippen LogP contribution is -2.26. The number of nitrogens with one attached hydrogen (secondary N) is 1. The number of hydrogen-bond acceptors (Lipinski definition) is 3. The molecule has 2 amide bonds. The minimum Gasteiger partial charge on any atom is -0.370 e. The average molecular weight is 234 g/mol. The molecule has 1 heterocycles. The summed E-state index contributed by atoms with van der Waals surface area (Å²) in [6.45, 7) is 2.22. The Morgan fingerprint density at radius 2 is 2.12 bits per heavy atom. The van der Waals surface area contributed by atoms with Gasteiger partial charge in [0.25, 0.3) is 0 Å². The molecule has 0 spiro atoms. The number of primary amides is 1. The van der Waals surface area contributed by atoms with E-state index in [1.165, 1.54) is 6.42 Å². The lowest BCUT2D eigenvalue weighted by molar-refractivity contribution is -0.119. The second-order valence-electron chi connectivity index (χ2n) is 3.89. The van der Waals surface area contributed by atoms with E-state index in [1.807, 2.05) is 12.1 Å². The predicted molar refractivity (Wildman–Crippen MR) is 63.4 cm³/mol. The first-order valence-electron chi connectivity index (χ1n) is 5.38. The summed E-state index contributed by atoms with van der Waals surface area (Å²) in [4.78, 5) is 26.0. The molecule has 0 aromatic carbocycles. The van der Waals surface area contributed by atoms with Crippen LogP contribution in [0.4, 0.5) is 0 Å². The highest BCUT2D eigenvalue weighted by Gasteiger charge is 2.11. The van der Waals surface area contributed by atoms with Crippen molar-refractivity contribution in [2.24, 2.45) is 11.7 Å². The van der Waals surface area contributed by atoms with Crippen LogP contribution in [0.1, 0.15) is 18.9 Å². The third-order valence-electron chi connectivity index (χ3n) is 2.18. The van der Waals surface area contributed by atoms with E-state index in [4.69, 9.17) is 5.73 Å². The number of pyridine rings is 1. The van der Waals surface area contributed by atoms with E-state index < -0.39 is 5.91 Å². The molecule has 0 aliphatic heterocycles. The van der Waals surface area contributed by atoms with Gasteiger partial charge in [-0.15, -0.1) is 0 Å². The maximum atomic E-state index is 11.5. The van der Waals surface area contributed by atoms with Crippen molar-refractivity contribution in [1.82, 2.24) is 10.3 Å². The highest BCUT2D eigenvalue weighted by atomic mass is 16.2. The van der Waals surface area contributed by atoms with Crippen LogP contribution in [0.5, 0.6) is 0 Å². The van der Waals surface area contributed by atoms with Crippen LogP contribution in [-0.2, 0) is 16.1 Å². The minimum atomic E-state index is -0.407. The fourth-order valence-corrected chi connectivity index (χ4v) is 1.38. The Kier molecular flexibility index (Phi) is 5.13. The van der Waals surface area contributed by atoms with Gasteiger partial charge in [-0.1, -0.05) is 6.92 Å². The Morgan fingerprint density at radius 1 is 1.47 bits per heavy atom. The molecular weight excluding hydrogens is 218 g/mol. The van der Waals surface area contributed by atoms with E-state index in [1.54, 1.807) is 19.3 Å². The van der Waals surface area contributed by atoms with E-state index in [-0.39, 0.29) is 18.2 Å². The number of amides is 2. The molecule has 0 aliphatic carbocycles. The van der Waals surface area contributed by atoms with Gasteiger partial charge in [0.05, 0.1) is 6.42 Å². The first-order valence-corrected chi connectivity index (χ1v) is 5.38. The van der Waals surface area contributed by atoms with Crippen LogP contribution in [-0.4, -0.2) is 16.8 Å². The van der Waals surface area contributed by atoms with Crippen molar-refractivity contribution in [3.8, 4) is 0 Å². The summed E-state index contributed by atoms with van der Waals surface area (Å²) in [7, 11) is 0. The van der Waals surface area contributed by atoms with Crippen molar-refractivity contribution in [2.45, 2.75) is 19.9 Å². The van der Waals surface area contributed by atoms with Crippen molar-refractivity contribution in [3.05, 3.63) is 36.5 Å². The summed E-state index contributed by atoms with van der Waals surface area (Å²) in [6, 6.07) is 3.65. The summed E-state index contributed by atoms with van der Waals surface area (Å²) >= 11 is 0. The van der Waals surface area contributed by atoms with Crippen molar-refractivity contribution < 1.29 is 9.59 Å². The molecule has 0 saturated carbocycles. The molecule has 0 aliphatic rings. The van der Waals surface area contributed by atoms with Crippen LogP contribution >= 0.6 is 0 Å². The van der Waals surface area contributed by atoms with Crippen LogP contribution in [0.25, 0.3) is 0 Å². The van der Waals surface area contributed by atoms with E-state index >= 15 is 0 Å². The Morgan fingerprint density at radius 3 is 2.71 bits per heavy atom. The molecule has 5 heteroatoms. The quantitative estimate of drug-likeness (QED) is 0.747. The van der Waals surface area contributed by atoms with Gasteiger partial charge < -0.3 is 11.1 Å². The summed E-state index contributed by atoms with van der Waals surface area (Å²) in [5.41, 5.74) is 6.01. The van der Waals surface area contributed by atoms with E-state index in [0.29, 0.717) is 6.54 Å². The largest absolute Gasteiger partial charge is 0.370 e. The molecule has 0 saturated heterocycles. The van der Waals surface area contributed by atoms with Crippen molar-refractivity contribution in [1.29, 1.82) is 0 Å². The number of aromatic nitrogens is 1. The molecule has 0 fully saturated rings. The Hall–Kier alpha value is -1.91. The molecule has 0 unspecified atom stereocenters. The van der Waals surface area contributed by atoms with Crippen molar-refractivity contribution in [3.63, 3.8) is 0 Å². The van der Waals surface area contributed by atoms with Gasteiger partial charge in [0.15, 0.2) is 0 Å². The summed E-state index contributed by atoms with van der Waals surface area (Å²) < 4.78 is 0. The number of carbonyl (C=O) groups excluding carboxylic acids is 2. The summed E-state index contributed by atoms with van der Waals surface area (Å²) in [6.07, 6.45) is 4.98. The number of nitrogens with two attached hydrogens (primary N) is 1. The number of carbonyl (C=O) groups is 2. The normalized spacial score (nSPS) is 11.8. The molecule has 91 valence electrons. The van der Waals surface area contributed by atoms with E-state index in [0.717, 1.165) is 5.56 Å². The molecule has 1 rings (SSSR count). The van der Waals surface area contributed by atoms with Gasteiger partial charge >= 0.3 is 0 Å². The number of rotatable bonds is 6. The lowest BCUT2D eigenvalue weighted by atomic mass is 10.0. The second kappa shape index (κ2) is 6.62. The standard InChI is InChI=1S/C12H16N3O2/c1-9(6-11(13)16)7-12(17)15-8-10-2-4-14-5-3-10/h2-5,7,9H,6,8H2,1H3,(H2,13,16)(H,15,17)/t9-/m1/s1. The predicted octanol–water partition coefficient (Wildman–Crippen LogP) is 0.414. The van der Waals surface area contributed by atoms with Gasteiger partial charge in [0, 0.05) is 25.4 Å². The highest BCUT2D eigenvalue weighted by Crippen LogP contribution is 2.05. The van der Waals surface area contributed by atoms with Gasteiger partial charge in [-0.2, -0.15) is 0 Å². The number of hydrogen-bond donors (Lipinski definition) is 2. The topological polar surface area (TPSA) is 85.1 Å². The van der Waals surface area contributed by atoms with Gasteiger partial charge in [0.2, 0.25) is 11.8 Å². The summed E-state index contributed by atoms with van der Waals surface area (Å²) in [5.74, 6) is -0.754. The fraction of sp³-hybridized carbons (Fsp3) is 0.333. The molecule has 5 nitrogen and oxygen atoms in total. The van der Waals surface area contributed by atoms with Crippen LogP contribution < -0.4 is 11.1 Å². The van der Waals surface area contributed by atoms with Gasteiger partial charge in [-0.25, -0.2) is 0 Å². The molecule has 1 aromatic rings. The van der Waals surface area contributed by atoms with Crippen LogP contribution in [0.3, 0.4) is 0 Å². The highest BCUT2D eigenvalue weighted by molar-refractivity contribution is 5.86. The molecular formula is C12H16N3O2. The Bertz CT molecular complexity index is 379. The monoisotopic (exact) mass is 234 g/mol. The van der Waals surface area contributed by atoms with E-state index in [9.17, 15) is 9.59 Å². The SMILES string of the molecule is C[C@@H]([CH]C(=O)NCc1ccncc1)CC(N)=O. The number of nitrogens with zero attached hydrogens (tertiary/aromatic N) is 1. The smallest absolute Gasteiger partial charge is 0.224 e. The Labute approximate surface area is 100 Å². The zero-order valence-corrected chi connectivity index (χ0v) is 9.72. The van der Waals surface area contributed by atoms with Crippen molar-refractivity contribution in [2.75, 3.05) is 0 Å². The maximum absolute atomic E-state index is 11.5. The zero-order chi connectivity index (χ0) is 12.7. The molecule has 3 N–H and O–H groups in total. The van der Waals surface area contributed by atoms with Crippen LogP contribution in [0.15, 0.2) is 24.5 Å². The molecule has 17 heavy (non-hydrogen) atoms. The third kappa shape index (κ3) is 5.65. The lowest BCUT2D eigenvalue weighted by Gasteiger charge is -2.09. The van der Waals surface area contributed by atoms with Gasteiger partial charge in [0.1, 0.15) is 0 Å². The first kappa shape index (κ1) is 13.2. The summed E-state index contributed by atoms with van der Waals surface area (Å²) in [5, 5.41) is 2.73. The fourth-order valence-electron chi connectivity index (χ4n) is 1.38. The first-order chi connectivity index (χ1) is 8.08. The van der Waals surface area contributed by atoms with Gasteiger partial charge in [-0.05, 0) is 23.6 Å². The van der Waals surface area contributed by atoms with E-state index in [2.05, 4.69) is 10.3 Å². The minimum absolute atomic E-state index is 0.148. The van der Waals surface area contributed by atoms with Crippen LogP contribution in [0, 0.1) is 12.3 Å².